The third kappa shape index (κ3) is 4.42. The van der Waals surface area contributed by atoms with Crippen molar-refractivity contribution in [3.05, 3.63) is 55.5 Å². The van der Waals surface area contributed by atoms with Gasteiger partial charge in [-0.3, -0.25) is 0 Å². The number of azo groups is 1. The predicted octanol–water partition coefficient (Wildman–Crippen LogP) is 7.08. The first-order valence-corrected chi connectivity index (χ1v) is 8.40. The lowest BCUT2D eigenvalue weighted by atomic mass is 10.1. The highest BCUT2D eigenvalue weighted by Crippen LogP contribution is 2.39. The summed E-state index contributed by atoms with van der Waals surface area (Å²) in [5.74, 6) is -9.49. The number of hydrogen-bond donors (Lipinski definition) is 0. The molecule has 0 amide bonds. The maximum atomic E-state index is 13.8. The average Bonchev–Trinajstić information content (AvgIpc) is 2.54. The normalized spacial score (nSPS) is 12.1. The molecule has 0 radical (unpaired) electrons. The lowest BCUT2D eigenvalue weighted by molar-refractivity contribution is -0.143. The van der Waals surface area contributed by atoms with E-state index in [-0.39, 0.29) is 6.54 Å². The van der Waals surface area contributed by atoms with E-state index in [4.69, 9.17) is 4.74 Å². The van der Waals surface area contributed by atoms with E-state index in [1.54, 1.807) is 6.07 Å². The molecule has 2 aromatic carbocycles. The number of alkyl halides is 3. The predicted molar refractivity (Wildman–Crippen MR) is 87.9 cm³/mol. The third-order valence-electron chi connectivity index (χ3n) is 3.22. The van der Waals surface area contributed by atoms with Crippen molar-refractivity contribution in [3.8, 4) is 5.75 Å². The summed E-state index contributed by atoms with van der Waals surface area (Å²) in [5, 5.41) is 6.43. The maximum absolute atomic E-state index is 13.8. The first-order chi connectivity index (χ1) is 12.5. The number of benzene rings is 2. The molecule has 27 heavy (non-hydrogen) atoms. The Labute approximate surface area is 164 Å². The minimum absolute atomic E-state index is 0.308. The highest BCUT2D eigenvalue weighted by molar-refractivity contribution is 9.11. The minimum atomic E-state index is -5.62. The molecule has 0 N–H and O–H groups in total. The zero-order valence-electron chi connectivity index (χ0n) is 13.1. The van der Waals surface area contributed by atoms with Gasteiger partial charge in [-0.05, 0) is 28.1 Å². The van der Waals surface area contributed by atoms with Crippen molar-refractivity contribution in [3.63, 3.8) is 0 Å². The molecule has 0 heterocycles. The number of ether oxygens (including phenoxy) is 1. The van der Waals surface area contributed by atoms with E-state index < -0.39 is 40.7 Å². The molecule has 0 aromatic heterocycles. The van der Waals surface area contributed by atoms with Crippen LogP contribution in [0.2, 0.25) is 0 Å². The summed E-state index contributed by atoms with van der Waals surface area (Å²) in [6, 6.07) is 3.17. The molecule has 0 bridgehead atoms. The van der Waals surface area contributed by atoms with Gasteiger partial charge in [0, 0.05) is 10.0 Å². The molecule has 146 valence electrons. The van der Waals surface area contributed by atoms with Crippen molar-refractivity contribution in [2.24, 2.45) is 10.2 Å². The summed E-state index contributed by atoms with van der Waals surface area (Å²) in [7, 11) is 1.34. The first kappa shape index (κ1) is 21.6. The van der Waals surface area contributed by atoms with E-state index in [0.717, 1.165) is 0 Å². The lowest BCUT2D eigenvalue weighted by Gasteiger charge is -2.12. The summed E-state index contributed by atoms with van der Waals surface area (Å²) in [6.45, 7) is -0.343. The average molecular weight is 524 g/mol. The summed E-state index contributed by atoms with van der Waals surface area (Å²) >= 11 is 6.41. The van der Waals surface area contributed by atoms with Crippen LogP contribution in [0, 0.1) is 23.3 Å². The lowest BCUT2D eigenvalue weighted by Crippen LogP contribution is -2.14. The van der Waals surface area contributed by atoms with Crippen LogP contribution in [0.1, 0.15) is 11.1 Å². The number of nitrogens with zero attached hydrogens (tertiary/aromatic N) is 2. The van der Waals surface area contributed by atoms with Crippen LogP contribution in [0.5, 0.6) is 5.75 Å². The fourth-order valence-corrected chi connectivity index (χ4v) is 3.57. The van der Waals surface area contributed by atoms with Crippen LogP contribution >= 0.6 is 31.9 Å². The summed E-state index contributed by atoms with van der Waals surface area (Å²) < 4.78 is 98.4. The zero-order valence-corrected chi connectivity index (χ0v) is 16.2. The largest absolute Gasteiger partial charge is 0.495 e. The fourth-order valence-electron chi connectivity index (χ4n) is 2.10. The Kier molecular flexibility index (Phi) is 6.51. The van der Waals surface area contributed by atoms with E-state index >= 15 is 0 Å². The van der Waals surface area contributed by atoms with E-state index in [2.05, 4.69) is 42.1 Å². The van der Waals surface area contributed by atoms with Gasteiger partial charge in [0.2, 0.25) is 0 Å². The molecule has 12 heteroatoms. The quantitative estimate of drug-likeness (QED) is 0.239. The number of rotatable bonds is 4. The highest BCUT2D eigenvalue weighted by atomic mass is 79.9. The Bertz CT molecular complexity index is 887. The van der Waals surface area contributed by atoms with Gasteiger partial charge in [0.25, 0.3) is 0 Å². The molecule has 2 rings (SSSR count). The van der Waals surface area contributed by atoms with Crippen molar-refractivity contribution >= 4 is 37.5 Å². The molecular weight excluding hydrogens is 517 g/mol. The van der Waals surface area contributed by atoms with Crippen molar-refractivity contribution in [1.29, 1.82) is 0 Å². The van der Waals surface area contributed by atoms with Gasteiger partial charge in [-0.15, -0.1) is 5.11 Å². The van der Waals surface area contributed by atoms with E-state index in [1.807, 2.05) is 0 Å². The van der Waals surface area contributed by atoms with Crippen LogP contribution in [-0.2, 0) is 12.7 Å². The highest BCUT2D eigenvalue weighted by Gasteiger charge is 2.42. The van der Waals surface area contributed by atoms with Crippen molar-refractivity contribution in [1.82, 2.24) is 0 Å². The molecule has 0 aliphatic rings. The maximum Gasteiger partial charge on any atom is 0.422 e. The molecule has 2 aromatic rings. The van der Waals surface area contributed by atoms with Crippen LogP contribution in [0.15, 0.2) is 31.3 Å². The van der Waals surface area contributed by atoms with Crippen LogP contribution in [0.25, 0.3) is 0 Å². The Balaban J connectivity index is 2.45. The van der Waals surface area contributed by atoms with Crippen LogP contribution in [0.3, 0.4) is 0 Å². The topological polar surface area (TPSA) is 34.0 Å². The van der Waals surface area contributed by atoms with Gasteiger partial charge < -0.3 is 4.74 Å². The Hall–Kier alpha value is -1.69. The Morgan fingerprint density at radius 2 is 1.52 bits per heavy atom. The standard InChI is InChI=1S/C15H7Br2F7N2O/c1-27-14-5(2-6(16)3-7(14)17)4-25-26-13-11(20)9(18)8(15(22,23)24)10(19)12(13)21/h2-3H,4H2,1H3. The minimum Gasteiger partial charge on any atom is -0.495 e. The molecule has 0 saturated carbocycles. The monoisotopic (exact) mass is 522 g/mol. The molecule has 0 aliphatic carbocycles. The summed E-state index contributed by atoms with van der Waals surface area (Å²) in [5.41, 5.74) is -3.91. The Morgan fingerprint density at radius 1 is 0.963 bits per heavy atom. The van der Waals surface area contributed by atoms with Gasteiger partial charge in [-0.2, -0.15) is 18.3 Å². The van der Waals surface area contributed by atoms with Gasteiger partial charge in [0.05, 0.1) is 18.1 Å². The van der Waals surface area contributed by atoms with Crippen LogP contribution < -0.4 is 4.74 Å². The number of halogens is 9. The molecule has 0 fully saturated rings. The number of hydrogen-bond acceptors (Lipinski definition) is 3. The molecule has 0 atom stereocenters. The summed E-state index contributed by atoms with van der Waals surface area (Å²) in [4.78, 5) is 0. The molecule has 0 unspecified atom stereocenters. The second-order valence-corrected chi connectivity index (χ2v) is 6.73. The third-order valence-corrected chi connectivity index (χ3v) is 4.27. The van der Waals surface area contributed by atoms with Gasteiger partial charge in [0.1, 0.15) is 11.3 Å². The van der Waals surface area contributed by atoms with Crippen LogP contribution in [0.4, 0.5) is 36.4 Å². The second-order valence-electron chi connectivity index (χ2n) is 4.96. The SMILES string of the molecule is COc1c(Br)cc(Br)cc1CN=Nc1c(F)c(F)c(C(F)(F)F)c(F)c1F. The van der Waals surface area contributed by atoms with Gasteiger partial charge in [0.15, 0.2) is 29.0 Å². The second kappa shape index (κ2) is 8.13. The van der Waals surface area contributed by atoms with Gasteiger partial charge >= 0.3 is 6.18 Å². The van der Waals surface area contributed by atoms with Crippen molar-refractivity contribution < 1.29 is 35.5 Å². The molecule has 0 spiro atoms. The van der Waals surface area contributed by atoms with E-state index in [0.29, 0.717) is 20.3 Å². The van der Waals surface area contributed by atoms with E-state index in [1.165, 1.54) is 13.2 Å². The molecule has 0 saturated heterocycles. The Morgan fingerprint density at radius 3 is 2.00 bits per heavy atom. The number of methoxy groups -OCH3 is 1. The molecular formula is C15H7Br2F7N2O. The smallest absolute Gasteiger partial charge is 0.422 e. The van der Waals surface area contributed by atoms with Crippen LogP contribution in [-0.4, -0.2) is 7.11 Å². The fraction of sp³-hybridized carbons (Fsp3) is 0.200. The molecule has 3 nitrogen and oxygen atoms in total. The van der Waals surface area contributed by atoms with Crippen molar-refractivity contribution in [2.45, 2.75) is 12.7 Å². The van der Waals surface area contributed by atoms with Gasteiger partial charge in [-0.25, -0.2) is 17.6 Å². The first-order valence-electron chi connectivity index (χ1n) is 6.81. The van der Waals surface area contributed by atoms with Crippen molar-refractivity contribution in [2.75, 3.05) is 7.11 Å². The summed E-state index contributed by atoms with van der Waals surface area (Å²) in [6.07, 6.45) is -5.62. The van der Waals surface area contributed by atoms with E-state index in [9.17, 15) is 30.7 Å². The molecule has 0 aliphatic heterocycles. The van der Waals surface area contributed by atoms with Gasteiger partial charge in [-0.1, -0.05) is 15.9 Å². The zero-order chi connectivity index (χ0) is 20.5.